The molecule has 172 valence electrons. The summed E-state index contributed by atoms with van der Waals surface area (Å²) in [6.07, 6.45) is 6.75. The van der Waals surface area contributed by atoms with Gasteiger partial charge in [0.15, 0.2) is 0 Å². The van der Waals surface area contributed by atoms with E-state index in [2.05, 4.69) is 31.2 Å². The Labute approximate surface area is 184 Å². The predicted octanol–water partition coefficient (Wildman–Crippen LogP) is -0.984. The topological polar surface area (TPSA) is 165 Å². The molecule has 1 aliphatic rings. The van der Waals surface area contributed by atoms with Gasteiger partial charge in [0.1, 0.15) is 18.1 Å². The smallest absolute Gasteiger partial charge is 0.326 e. The Morgan fingerprint density at radius 1 is 1.23 bits per heavy atom. The highest BCUT2D eigenvalue weighted by Crippen LogP contribution is 2.06. The number of aliphatic carboxylic acids is 1. The van der Waals surface area contributed by atoms with Crippen molar-refractivity contribution in [1.82, 2.24) is 31.2 Å². The van der Waals surface area contributed by atoms with Crippen LogP contribution in [0.15, 0.2) is 12.5 Å². The molecule has 1 saturated heterocycles. The zero-order valence-electron chi connectivity index (χ0n) is 17.6. The van der Waals surface area contributed by atoms with E-state index in [4.69, 9.17) is 0 Å². The molecule has 6 N–H and O–H groups in total. The Balaban J connectivity index is 1.96. The second kappa shape index (κ2) is 12.3. The largest absolute Gasteiger partial charge is 0.480 e. The van der Waals surface area contributed by atoms with E-state index in [-0.39, 0.29) is 18.4 Å². The lowest BCUT2D eigenvalue weighted by Crippen LogP contribution is -2.56. The van der Waals surface area contributed by atoms with Gasteiger partial charge in [0.25, 0.3) is 0 Å². The average molecular weight is 455 g/mol. The van der Waals surface area contributed by atoms with Crippen LogP contribution in [0.3, 0.4) is 0 Å². The zero-order chi connectivity index (χ0) is 22.8. The van der Waals surface area contributed by atoms with E-state index < -0.39 is 35.9 Å². The summed E-state index contributed by atoms with van der Waals surface area (Å²) in [4.78, 5) is 55.8. The number of carboxylic acids is 1. The van der Waals surface area contributed by atoms with Crippen LogP contribution >= 0.6 is 11.8 Å². The van der Waals surface area contributed by atoms with Crippen molar-refractivity contribution in [3.05, 3.63) is 18.2 Å². The van der Waals surface area contributed by atoms with Crippen LogP contribution in [0.1, 0.15) is 31.9 Å². The molecular weight excluding hydrogens is 424 g/mol. The molecular formula is C19H30N6O5S. The second-order valence-corrected chi connectivity index (χ2v) is 8.39. The molecule has 0 saturated carbocycles. The third-order valence-electron chi connectivity index (χ3n) is 4.97. The number of rotatable bonds is 12. The molecule has 3 amide bonds. The molecule has 1 aromatic rings. The van der Waals surface area contributed by atoms with Crippen LogP contribution in [-0.2, 0) is 25.6 Å². The maximum atomic E-state index is 12.8. The van der Waals surface area contributed by atoms with E-state index >= 15 is 0 Å². The van der Waals surface area contributed by atoms with Crippen molar-refractivity contribution in [3.63, 3.8) is 0 Å². The fraction of sp³-hybridized carbons (Fsp3) is 0.632. The standard InChI is InChI=1S/C19H30N6O5S/c1-11(23-17(27)13-4-3-6-21-13)16(26)24-14(5-7-31-2)18(28)25-15(19(29)30)8-12-9-20-10-22-12/h9-11,13-15,21H,3-8H2,1-2H3,(H,20,22)(H,23,27)(H,24,26)(H,25,28)(H,29,30). The molecule has 11 nitrogen and oxygen atoms in total. The SMILES string of the molecule is CSCCC(NC(=O)C(C)NC(=O)C1CCCN1)C(=O)NC(Cc1cnc[nH]1)C(=O)O. The Morgan fingerprint density at radius 2 is 1.97 bits per heavy atom. The summed E-state index contributed by atoms with van der Waals surface area (Å²) in [7, 11) is 0. The summed E-state index contributed by atoms with van der Waals surface area (Å²) < 4.78 is 0. The van der Waals surface area contributed by atoms with E-state index in [0.717, 1.165) is 13.0 Å². The number of amides is 3. The van der Waals surface area contributed by atoms with E-state index in [0.29, 0.717) is 24.3 Å². The lowest BCUT2D eigenvalue weighted by Gasteiger charge is -2.23. The van der Waals surface area contributed by atoms with Gasteiger partial charge in [-0.2, -0.15) is 11.8 Å². The van der Waals surface area contributed by atoms with Crippen LogP contribution in [-0.4, -0.2) is 81.5 Å². The molecule has 1 aromatic heterocycles. The summed E-state index contributed by atoms with van der Waals surface area (Å²) in [6, 6.07) is -3.25. The lowest BCUT2D eigenvalue weighted by atomic mass is 10.1. The summed E-state index contributed by atoms with van der Waals surface area (Å²) in [5, 5.41) is 20.3. The molecule has 0 bridgehead atoms. The number of carbonyl (C=O) groups is 4. The van der Waals surface area contributed by atoms with Crippen molar-refractivity contribution in [1.29, 1.82) is 0 Å². The molecule has 0 radical (unpaired) electrons. The summed E-state index contributed by atoms with van der Waals surface area (Å²) in [5.41, 5.74) is 0.564. The van der Waals surface area contributed by atoms with Gasteiger partial charge in [0.2, 0.25) is 17.7 Å². The van der Waals surface area contributed by atoms with E-state index in [9.17, 15) is 24.3 Å². The van der Waals surface area contributed by atoms with Gasteiger partial charge in [0.05, 0.1) is 12.4 Å². The highest BCUT2D eigenvalue weighted by molar-refractivity contribution is 7.98. The average Bonchev–Trinajstić information content (AvgIpc) is 3.44. The second-order valence-electron chi connectivity index (χ2n) is 7.40. The highest BCUT2D eigenvalue weighted by atomic mass is 32.2. The summed E-state index contributed by atoms with van der Waals surface area (Å²) >= 11 is 1.50. The summed E-state index contributed by atoms with van der Waals surface area (Å²) in [6.45, 7) is 2.31. The lowest BCUT2D eigenvalue weighted by molar-refractivity contribution is -0.142. The molecule has 0 aliphatic carbocycles. The fourth-order valence-electron chi connectivity index (χ4n) is 3.18. The van der Waals surface area contributed by atoms with E-state index in [1.807, 2.05) is 6.26 Å². The number of imidazole rings is 1. The van der Waals surface area contributed by atoms with E-state index in [1.54, 1.807) is 6.92 Å². The molecule has 0 aromatic carbocycles. The third kappa shape index (κ3) is 7.87. The van der Waals surface area contributed by atoms with Crippen molar-refractivity contribution in [2.45, 2.75) is 56.8 Å². The Morgan fingerprint density at radius 3 is 2.55 bits per heavy atom. The summed E-state index contributed by atoms with van der Waals surface area (Å²) in [5.74, 6) is -1.96. The number of hydrogen-bond donors (Lipinski definition) is 6. The van der Waals surface area contributed by atoms with Crippen LogP contribution in [0.4, 0.5) is 0 Å². The van der Waals surface area contributed by atoms with Gasteiger partial charge in [-0.15, -0.1) is 0 Å². The van der Waals surface area contributed by atoms with Crippen molar-refractivity contribution in [3.8, 4) is 0 Å². The number of nitrogens with zero attached hydrogens (tertiary/aromatic N) is 1. The van der Waals surface area contributed by atoms with Gasteiger partial charge < -0.3 is 31.4 Å². The normalized spacial score (nSPS) is 18.6. The first-order valence-electron chi connectivity index (χ1n) is 10.1. The quantitative estimate of drug-likeness (QED) is 0.234. The van der Waals surface area contributed by atoms with Crippen LogP contribution in [0, 0.1) is 0 Å². The van der Waals surface area contributed by atoms with Crippen LogP contribution in [0.2, 0.25) is 0 Å². The molecule has 0 spiro atoms. The number of carbonyl (C=O) groups excluding carboxylic acids is 3. The van der Waals surface area contributed by atoms with Crippen molar-refractivity contribution >= 4 is 35.5 Å². The van der Waals surface area contributed by atoms with Crippen LogP contribution < -0.4 is 21.3 Å². The van der Waals surface area contributed by atoms with Gasteiger partial charge >= 0.3 is 5.97 Å². The molecule has 12 heteroatoms. The van der Waals surface area contributed by atoms with Gasteiger partial charge in [-0.1, -0.05) is 0 Å². The molecule has 2 rings (SSSR count). The van der Waals surface area contributed by atoms with Crippen molar-refractivity contribution in [2.75, 3.05) is 18.6 Å². The molecule has 4 unspecified atom stereocenters. The third-order valence-corrected chi connectivity index (χ3v) is 5.61. The number of thioether (sulfide) groups is 1. The predicted molar refractivity (Wildman–Crippen MR) is 115 cm³/mol. The molecule has 1 aliphatic heterocycles. The number of carboxylic acid groups (broad SMARTS) is 1. The number of hydrogen-bond acceptors (Lipinski definition) is 7. The van der Waals surface area contributed by atoms with Gasteiger partial charge in [-0.25, -0.2) is 9.78 Å². The van der Waals surface area contributed by atoms with Crippen LogP contribution in [0.25, 0.3) is 0 Å². The maximum absolute atomic E-state index is 12.8. The zero-order valence-corrected chi connectivity index (χ0v) is 18.5. The number of aromatic amines is 1. The maximum Gasteiger partial charge on any atom is 0.326 e. The van der Waals surface area contributed by atoms with Crippen LogP contribution in [0.5, 0.6) is 0 Å². The minimum Gasteiger partial charge on any atom is -0.480 e. The first kappa shape index (κ1) is 24.7. The van der Waals surface area contributed by atoms with Crippen molar-refractivity contribution in [2.24, 2.45) is 0 Å². The van der Waals surface area contributed by atoms with Crippen molar-refractivity contribution < 1.29 is 24.3 Å². The number of nitrogens with one attached hydrogen (secondary N) is 5. The first-order valence-corrected chi connectivity index (χ1v) is 11.5. The molecule has 4 atom stereocenters. The monoisotopic (exact) mass is 454 g/mol. The van der Waals surface area contributed by atoms with Gasteiger partial charge in [-0.3, -0.25) is 14.4 Å². The van der Waals surface area contributed by atoms with Gasteiger partial charge in [-0.05, 0) is 44.7 Å². The minimum atomic E-state index is -1.19. The first-order chi connectivity index (χ1) is 14.8. The Kier molecular flexibility index (Phi) is 9.79. The van der Waals surface area contributed by atoms with Gasteiger partial charge in [0, 0.05) is 18.3 Å². The highest BCUT2D eigenvalue weighted by Gasteiger charge is 2.29. The Bertz CT molecular complexity index is 753. The number of H-pyrrole nitrogens is 1. The fourth-order valence-corrected chi connectivity index (χ4v) is 3.65. The Hall–Kier alpha value is -2.60. The molecule has 31 heavy (non-hydrogen) atoms. The van der Waals surface area contributed by atoms with E-state index in [1.165, 1.54) is 24.3 Å². The molecule has 2 heterocycles. The number of aromatic nitrogens is 2. The minimum absolute atomic E-state index is 0.0329. The molecule has 1 fully saturated rings.